The van der Waals surface area contributed by atoms with E-state index in [0.717, 1.165) is 44.8 Å². The first-order valence-electron chi connectivity index (χ1n) is 13.8. The molecule has 4 N–H and O–H groups in total. The minimum atomic E-state index is -1.62. The van der Waals surface area contributed by atoms with E-state index in [1.807, 2.05) is 18.2 Å². The highest BCUT2D eigenvalue weighted by Crippen LogP contribution is 2.38. The number of aromatic nitrogens is 1. The van der Waals surface area contributed by atoms with Crippen LogP contribution in [0.15, 0.2) is 72.9 Å². The van der Waals surface area contributed by atoms with Crippen molar-refractivity contribution in [3.05, 3.63) is 99.5 Å². The van der Waals surface area contributed by atoms with Crippen molar-refractivity contribution in [2.24, 2.45) is 0 Å². The number of carbonyl (C=O) groups excluding carboxylic acids is 2. The van der Waals surface area contributed by atoms with E-state index in [0.29, 0.717) is 12.2 Å². The van der Waals surface area contributed by atoms with Crippen LogP contribution in [0.25, 0.3) is 0 Å². The van der Waals surface area contributed by atoms with Gasteiger partial charge in [0.25, 0.3) is 5.69 Å². The van der Waals surface area contributed by atoms with E-state index in [-0.39, 0.29) is 28.8 Å². The Labute approximate surface area is 244 Å². The molecule has 0 bridgehead atoms. The van der Waals surface area contributed by atoms with Gasteiger partial charge in [0.1, 0.15) is 12.6 Å². The van der Waals surface area contributed by atoms with Crippen LogP contribution >= 0.6 is 0 Å². The fourth-order valence-electron chi connectivity index (χ4n) is 5.51. The highest BCUT2D eigenvalue weighted by molar-refractivity contribution is 5.96. The van der Waals surface area contributed by atoms with Crippen molar-refractivity contribution in [3.8, 4) is 0 Å². The van der Waals surface area contributed by atoms with Crippen LogP contribution in [0.2, 0.25) is 0 Å². The lowest BCUT2D eigenvalue weighted by Gasteiger charge is -2.38. The van der Waals surface area contributed by atoms with Crippen LogP contribution in [0.1, 0.15) is 50.3 Å². The second-order valence-corrected chi connectivity index (χ2v) is 11.1. The molecule has 1 saturated carbocycles. The summed E-state index contributed by atoms with van der Waals surface area (Å²) in [7, 11) is 1.05. The molecule has 3 amide bonds. The number of para-hydroxylation sites is 1. The number of nitrogens with zero attached hydrogens (tertiary/aromatic N) is 3. The molecule has 1 aliphatic carbocycles. The molecule has 2 aromatic carbocycles. The number of nitro groups is 1. The molecular weight excluding hydrogens is 540 g/mol. The van der Waals surface area contributed by atoms with Crippen LogP contribution in [0.3, 0.4) is 0 Å². The van der Waals surface area contributed by atoms with Crippen molar-refractivity contribution in [1.82, 2.24) is 20.4 Å². The van der Waals surface area contributed by atoms with Gasteiger partial charge in [-0.05, 0) is 44.0 Å². The van der Waals surface area contributed by atoms with Gasteiger partial charge in [-0.15, -0.1) is 0 Å². The van der Waals surface area contributed by atoms with E-state index in [2.05, 4.69) is 20.9 Å². The summed E-state index contributed by atoms with van der Waals surface area (Å²) < 4.78 is 0. The third-order valence-corrected chi connectivity index (χ3v) is 7.83. The molecule has 4 rings (SSSR count). The average Bonchev–Trinajstić information content (AvgIpc) is 2.96. The minimum Gasteiger partial charge on any atom is -0.593 e. The summed E-state index contributed by atoms with van der Waals surface area (Å²) in [6.45, 7) is 1.83. The molecule has 0 spiro atoms. The number of urea groups is 1. The highest BCUT2D eigenvalue weighted by Gasteiger charge is 2.40. The maximum absolute atomic E-state index is 13.9. The zero-order valence-corrected chi connectivity index (χ0v) is 23.7. The topological polar surface area (TPSA) is 170 Å². The largest absolute Gasteiger partial charge is 0.593 e. The number of benzene rings is 2. The van der Waals surface area contributed by atoms with Crippen LogP contribution in [0.5, 0.6) is 0 Å². The van der Waals surface area contributed by atoms with Crippen molar-refractivity contribution < 1.29 is 19.7 Å². The predicted molar refractivity (Wildman–Crippen MR) is 159 cm³/mol. The average molecular weight is 577 g/mol. The molecule has 1 aromatic heterocycles. The Morgan fingerprint density at radius 1 is 1.05 bits per heavy atom. The zero-order valence-electron chi connectivity index (χ0n) is 23.7. The van der Waals surface area contributed by atoms with Crippen molar-refractivity contribution in [2.75, 3.05) is 18.9 Å². The molecular formula is C30H36N6O6. The summed E-state index contributed by atoms with van der Waals surface area (Å²) >= 11 is 0. The van der Waals surface area contributed by atoms with Gasteiger partial charge < -0.3 is 21.2 Å². The van der Waals surface area contributed by atoms with E-state index in [4.69, 9.17) is 0 Å². The number of quaternary nitrogens is 1. The summed E-state index contributed by atoms with van der Waals surface area (Å²) in [6.07, 6.45) is 6.40. The third kappa shape index (κ3) is 7.27. The number of hydroxylamine groups is 2. The smallest absolute Gasteiger partial charge is 0.320 e. The maximum atomic E-state index is 13.9. The van der Waals surface area contributed by atoms with Crippen LogP contribution in [-0.2, 0) is 16.6 Å². The summed E-state index contributed by atoms with van der Waals surface area (Å²) in [5, 5.41) is 41.5. The number of amides is 3. The molecule has 1 unspecified atom stereocenters. The van der Waals surface area contributed by atoms with Crippen LogP contribution in [-0.4, -0.2) is 46.2 Å². The van der Waals surface area contributed by atoms with Crippen LogP contribution < -0.4 is 20.8 Å². The molecule has 0 saturated heterocycles. The number of nitro benzene ring substituents is 1. The Morgan fingerprint density at radius 2 is 1.71 bits per heavy atom. The van der Waals surface area contributed by atoms with E-state index in [9.17, 15) is 30.1 Å². The lowest BCUT2D eigenvalue weighted by atomic mass is 9.71. The Hall–Kier alpha value is -4.39. The molecule has 2 atom stereocenters. The van der Waals surface area contributed by atoms with Crippen molar-refractivity contribution >= 4 is 29.0 Å². The molecule has 3 aromatic rings. The van der Waals surface area contributed by atoms with Gasteiger partial charge in [-0.1, -0.05) is 43.5 Å². The molecule has 1 heterocycles. The quantitative estimate of drug-likeness (QED) is 0.150. The minimum absolute atomic E-state index is 0.0612. The van der Waals surface area contributed by atoms with Gasteiger partial charge in [-0.3, -0.25) is 19.9 Å². The van der Waals surface area contributed by atoms with Crippen molar-refractivity contribution in [1.29, 1.82) is 0 Å². The molecule has 1 fully saturated rings. The van der Waals surface area contributed by atoms with Gasteiger partial charge in [0.05, 0.1) is 4.92 Å². The van der Waals surface area contributed by atoms with E-state index in [1.54, 1.807) is 24.4 Å². The first-order valence-corrected chi connectivity index (χ1v) is 13.8. The molecule has 12 heteroatoms. The molecule has 42 heavy (non-hydrogen) atoms. The summed E-state index contributed by atoms with van der Waals surface area (Å²) in [6, 6.07) is 16.7. The molecule has 222 valence electrons. The standard InChI is InChI=1S/C30H36N6O6/c1-29(20-22-10-4-5-11-25(22)35(39)40,34-28(38)33-23-13-15-24(16-14-23)36(2,41)42)27(37)32-21-30(17-7-3-8-18-30)26-12-6-9-19-31-26/h4-6,9-16,19,41H,3,7-8,17-18,20-21H2,1-2H3,(H,32,37)(H2,33,34,38)/t29-/m0/s1. The van der Waals surface area contributed by atoms with Crippen molar-refractivity contribution in [3.63, 3.8) is 0 Å². The Morgan fingerprint density at radius 3 is 2.33 bits per heavy atom. The van der Waals surface area contributed by atoms with Gasteiger partial charge in [0.2, 0.25) is 5.91 Å². The Kier molecular flexibility index (Phi) is 9.20. The van der Waals surface area contributed by atoms with Gasteiger partial charge >= 0.3 is 6.03 Å². The lowest BCUT2D eigenvalue weighted by molar-refractivity contribution is -0.385. The number of nitrogens with one attached hydrogen (secondary N) is 3. The number of hydrogen-bond acceptors (Lipinski definition) is 7. The second-order valence-electron chi connectivity index (χ2n) is 11.1. The number of carbonyl (C=O) groups is 2. The molecule has 0 radical (unpaired) electrons. The number of rotatable bonds is 10. The van der Waals surface area contributed by atoms with E-state index < -0.39 is 27.2 Å². The summed E-state index contributed by atoms with van der Waals surface area (Å²) in [5.41, 5.74) is -0.534. The Balaban J connectivity index is 1.58. The van der Waals surface area contributed by atoms with Gasteiger partial charge in [0.15, 0.2) is 5.69 Å². The maximum Gasteiger partial charge on any atom is 0.320 e. The number of anilines is 1. The van der Waals surface area contributed by atoms with E-state index in [1.165, 1.54) is 37.3 Å². The molecule has 0 aliphatic heterocycles. The van der Waals surface area contributed by atoms with Gasteiger partial charge in [-0.25, -0.2) is 10.0 Å². The summed E-state index contributed by atoms with van der Waals surface area (Å²) in [4.78, 5) is 41.2. The van der Waals surface area contributed by atoms with Crippen molar-refractivity contribution in [2.45, 2.75) is 56.4 Å². The normalized spacial score (nSPS) is 17.2. The predicted octanol–water partition coefficient (Wildman–Crippen LogP) is 4.96. The fourth-order valence-corrected chi connectivity index (χ4v) is 5.51. The fraction of sp³-hybridized carbons (Fsp3) is 0.367. The van der Waals surface area contributed by atoms with Crippen LogP contribution in [0, 0.1) is 15.3 Å². The lowest BCUT2D eigenvalue weighted by Crippen LogP contribution is -2.60. The first-order chi connectivity index (χ1) is 19.9. The number of pyridine rings is 1. The number of hydrogen-bond donors (Lipinski definition) is 4. The van der Waals surface area contributed by atoms with E-state index >= 15 is 0 Å². The zero-order chi connectivity index (χ0) is 30.4. The molecule has 1 aliphatic rings. The second kappa shape index (κ2) is 12.6. The monoisotopic (exact) mass is 576 g/mol. The Bertz CT molecular complexity index is 1400. The molecule has 12 nitrogen and oxygen atoms in total. The van der Waals surface area contributed by atoms with Gasteiger partial charge in [0, 0.05) is 59.7 Å². The van der Waals surface area contributed by atoms with Crippen LogP contribution in [0.4, 0.5) is 21.9 Å². The first kappa shape index (κ1) is 30.6. The van der Waals surface area contributed by atoms with Gasteiger partial charge in [-0.2, -0.15) is 4.81 Å². The summed E-state index contributed by atoms with van der Waals surface area (Å²) in [5.74, 6) is -0.494. The third-order valence-electron chi connectivity index (χ3n) is 7.83. The highest BCUT2D eigenvalue weighted by atomic mass is 16.8. The SMILES string of the molecule is C[C@@](Cc1ccccc1[N+](=O)[O-])(NC(=O)Nc1ccc([N+](C)([O-])O)cc1)C(=O)NCC1(c2ccccn2)CCCCC1.